The molecule has 6 aliphatic rings. The molecule has 0 bridgehead atoms. The van der Waals surface area contributed by atoms with Gasteiger partial charge < -0.3 is 20.0 Å². The minimum atomic E-state index is -1.14. The summed E-state index contributed by atoms with van der Waals surface area (Å²) in [6.45, 7) is 3.91. The van der Waals surface area contributed by atoms with Crippen LogP contribution in [-0.4, -0.2) is 75.0 Å². The van der Waals surface area contributed by atoms with E-state index in [0.29, 0.717) is 73.6 Å². The summed E-state index contributed by atoms with van der Waals surface area (Å²) < 4.78 is 5.10. The Hall–Kier alpha value is -9.86. The number of carboxylic acids is 2. The van der Waals surface area contributed by atoms with Gasteiger partial charge in [-0.15, -0.1) is 22.7 Å². The highest BCUT2D eigenvalue weighted by Crippen LogP contribution is 2.54. The highest BCUT2D eigenvalue weighted by molar-refractivity contribution is 8.31. The third-order valence-corrected chi connectivity index (χ3v) is 29.5. The number of Topliss-reactive ketones (excluding diaryl/α,β-unsaturated/α-hetero) is 1. The van der Waals surface area contributed by atoms with Crippen molar-refractivity contribution in [1.29, 1.82) is 0 Å². The van der Waals surface area contributed by atoms with Crippen LogP contribution in [0.15, 0.2) is 216 Å². The third kappa shape index (κ3) is 19.3. The van der Waals surface area contributed by atoms with Crippen LogP contribution >= 0.6 is 70.6 Å². The van der Waals surface area contributed by atoms with Crippen LogP contribution in [0.1, 0.15) is 223 Å². The lowest BCUT2D eigenvalue weighted by Crippen LogP contribution is -2.35. The molecule has 10 aromatic rings. The van der Waals surface area contributed by atoms with Gasteiger partial charge in [-0.2, -0.15) is 0 Å². The van der Waals surface area contributed by atoms with Gasteiger partial charge in [-0.25, -0.2) is 0 Å². The number of thioether (sulfide) groups is 2. The number of amides is 1. The maximum atomic E-state index is 13.9. The van der Waals surface area contributed by atoms with Crippen molar-refractivity contribution in [3.05, 3.63) is 301 Å². The monoisotopic (exact) mass is 1690 g/mol. The van der Waals surface area contributed by atoms with Crippen molar-refractivity contribution in [2.45, 2.75) is 192 Å². The lowest BCUT2D eigenvalue weighted by atomic mass is 9.95. The van der Waals surface area contributed by atoms with Crippen LogP contribution in [0, 0.1) is 5.92 Å². The Morgan fingerprint density at radius 3 is 1.24 bits per heavy atom. The lowest BCUT2D eigenvalue weighted by Gasteiger charge is -2.27. The van der Waals surface area contributed by atoms with Crippen LogP contribution in [0.25, 0.3) is 45.3 Å². The maximum absolute atomic E-state index is 13.9. The van der Waals surface area contributed by atoms with E-state index < -0.39 is 36.1 Å². The third-order valence-electron chi connectivity index (χ3n) is 23.9. The molecule has 5 unspecified atom stereocenters. The number of aromatic nitrogens is 2. The van der Waals surface area contributed by atoms with E-state index in [0.717, 1.165) is 111 Å². The molecule has 2 saturated heterocycles. The Morgan fingerprint density at radius 2 is 0.832 bits per heavy atom. The van der Waals surface area contributed by atoms with Crippen molar-refractivity contribution in [2.75, 3.05) is 16.3 Å². The van der Waals surface area contributed by atoms with Crippen molar-refractivity contribution in [2.24, 2.45) is 5.92 Å². The Balaban J connectivity index is 0.000000186. The first kappa shape index (κ1) is 84.2. The number of unbranched alkanes of at least 4 members (excludes halogenated alkanes) is 13. The van der Waals surface area contributed by atoms with Gasteiger partial charge in [0.1, 0.15) is 31.6 Å². The predicted octanol–water partition coefficient (Wildman–Crippen LogP) is 21.0. The Kier molecular flexibility index (Phi) is 28.0. The molecule has 1 amide bonds. The van der Waals surface area contributed by atoms with Crippen molar-refractivity contribution < 1.29 is 29.4 Å². The average molecular weight is 1690 g/mol. The zero-order valence-electron chi connectivity index (χ0n) is 67.5. The number of hydrogen-bond acceptors (Lipinski definition) is 14. The molecule has 4 fully saturated rings. The molecule has 119 heavy (non-hydrogen) atoms. The molecule has 2 saturated carbocycles. The first-order valence-electron chi connectivity index (χ1n) is 42.5. The molecule has 2 N–H and O–H groups in total. The number of fused-ring (bicyclic) bond motifs is 6. The fourth-order valence-corrected chi connectivity index (χ4v) is 23.4. The quantitative estimate of drug-likeness (QED) is 0.0240. The van der Waals surface area contributed by atoms with Gasteiger partial charge in [0.15, 0.2) is 5.78 Å². The second-order valence-electron chi connectivity index (χ2n) is 32.0. The number of aliphatic carboxylic acids is 2. The zero-order valence-corrected chi connectivity index (χ0v) is 72.4. The number of thiazole rings is 2. The van der Waals surface area contributed by atoms with Crippen molar-refractivity contribution in [3.63, 3.8) is 0 Å². The van der Waals surface area contributed by atoms with Crippen LogP contribution < -0.4 is 39.3 Å². The van der Waals surface area contributed by atoms with E-state index in [9.17, 15) is 39.0 Å². The van der Waals surface area contributed by atoms with E-state index >= 15 is 0 Å². The van der Waals surface area contributed by atoms with Gasteiger partial charge in [-0.3, -0.25) is 42.8 Å². The Bertz CT molecular complexity index is 5770. The minimum Gasteiger partial charge on any atom is -0.480 e. The van der Waals surface area contributed by atoms with Gasteiger partial charge in [0.05, 0.1) is 24.1 Å². The molecule has 610 valence electrons. The van der Waals surface area contributed by atoms with E-state index in [1.807, 2.05) is 48.6 Å². The summed E-state index contributed by atoms with van der Waals surface area (Å²) in [5.74, 6) is -2.23. The molecule has 6 heterocycles. The normalized spacial score (nSPS) is 19.0. The molecule has 0 spiro atoms. The fraction of sp³-hybridized carbons (Fsp3) is 0.320. The number of carbonyl (C=O) groups excluding carboxylic acids is 2. The Labute approximate surface area is 724 Å². The van der Waals surface area contributed by atoms with Crippen LogP contribution in [0.2, 0.25) is 0 Å². The van der Waals surface area contributed by atoms with Crippen LogP contribution in [0.4, 0.5) is 22.7 Å². The molecule has 5 atom stereocenters. The van der Waals surface area contributed by atoms with Gasteiger partial charge in [0, 0.05) is 53.2 Å². The van der Waals surface area contributed by atoms with Gasteiger partial charge in [0.2, 0.25) is 0 Å². The first-order valence-corrected chi connectivity index (χ1v) is 46.6. The van der Waals surface area contributed by atoms with Crippen molar-refractivity contribution in [3.8, 4) is 0 Å². The number of carbonyl (C=O) groups is 4. The number of benzene rings is 8. The van der Waals surface area contributed by atoms with Gasteiger partial charge in [-0.1, -0.05) is 322 Å². The van der Waals surface area contributed by atoms with E-state index in [1.165, 1.54) is 169 Å². The average Bonchev–Trinajstić information content (AvgIpc) is 1.59. The molecular formula is C100H101N5O8S6. The largest absolute Gasteiger partial charge is 0.480 e. The van der Waals surface area contributed by atoms with E-state index in [-0.39, 0.29) is 17.6 Å². The zero-order chi connectivity index (χ0) is 82.5. The fourth-order valence-electron chi connectivity index (χ4n) is 18.1. The molecule has 19 heteroatoms. The van der Waals surface area contributed by atoms with E-state index in [4.69, 9.17) is 24.4 Å². The van der Waals surface area contributed by atoms with Crippen LogP contribution in [0.5, 0.6) is 0 Å². The molecule has 8 aromatic carbocycles. The van der Waals surface area contributed by atoms with Gasteiger partial charge >= 0.3 is 11.9 Å². The summed E-state index contributed by atoms with van der Waals surface area (Å²) in [7, 11) is 0. The summed E-state index contributed by atoms with van der Waals surface area (Å²) in [5, 5.41) is 19.6. The van der Waals surface area contributed by atoms with Crippen molar-refractivity contribution in [1.82, 2.24) is 14.0 Å². The summed E-state index contributed by atoms with van der Waals surface area (Å²) in [5.41, 5.74) is 17.5. The second-order valence-corrected chi connectivity index (χ2v) is 37.4. The van der Waals surface area contributed by atoms with E-state index in [1.54, 1.807) is 4.90 Å². The molecule has 4 aliphatic heterocycles. The van der Waals surface area contributed by atoms with Gasteiger partial charge in [0.25, 0.3) is 17.0 Å². The topological polar surface area (TPSA) is 162 Å². The van der Waals surface area contributed by atoms with Crippen molar-refractivity contribution >= 4 is 171 Å². The molecule has 0 radical (unpaired) electrons. The molecule has 13 nitrogen and oxygen atoms in total. The number of anilines is 4. The summed E-state index contributed by atoms with van der Waals surface area (Å²) >= 11 is 16.1. The minimum absolute atomic E-state index is 0.0859. The lowest BCUT2D eigenvalue weighted by molar-refractivity contribution is -0.138. The van der Waals surface area contributed by atoms with Crippen LogP contribution in [0.3, 0.4) is 0 Å². The number of nitrogens with zero attached hydrogens (tertiary/aromatic N) is 5. The SMILES string of the molecule is CCCCCCCCC1C(=O)/C(=c2\s/c(=C\c3ccc4c(c3)C3CCCC3N4c3ccc(C=C(c4ccccc4)c4ccccc4)cc3)c(=O)n2CC(=O)O)SC1=S.CCCCCCCCCCCN1C(=O)/C(=c2\s/c(=C/c3ccc4c(c3)C3CCCC3N4c3ccc(C=C(c4ccccc4)c4ccccc4)cc3)c(=O)n2CC(=O)O)SC1=S. The summed E-state index contributed by atoms with van der Waals surface area (Å²) in [6, 6.07) is 73.3. The standard InChI is InChI=1S/C51H53N3O4S3.C49H48N2O4S3/c1-2-3-4-5-6-7-8-9-16-30-52-49(58)47(61-51(52)59)50-53(34-46(55)56)48(57)45(60-50)33-36-26-29-44-42(32-36)40-22-17-23-43(40)54(44)39-27-24-35(25-28-39)31-41(37-18-12-10-13-19-37)38-20-14-11-15-21-38;1-2-3-4-5-6-13-19-38-45(54)46(58-49(38)56)48-50(31-44(52)53)47(55)43(57-48)30-33-24-27-42-40(29-33)37-20-14-21-41(37)51(42)36-25-22-32(23-26-36)28-39(34-15-9-7-10-16-34)35-17-11-8-12-18-35/h10-15,18-21,24-29,31-33,40,43H,2-9,16-17,22-23,30,34H2,1H3,(H,55,56);7-12,15-18,22-30,37-38,41H,2-6,13-14,19-21,31H2,1H3,(H,52,53)/b45-33+,50-47+;43-30-,48-46+. The molecule has 2 aromatic heterocycles. The molecule has 16 rings (SSSR count). The maximum Gasteiger partial charge on any atom is 0.323 e. The number of thiocarbonyl (C=S) groups is 2. The highest BCUT2D eigenvalue weighted by atomic mass is 32.2. The number of carboxylic acid groups (broad SMARTS) is 2. The van der Waals surface area contributed by atoms with Crippen LogP contribution in [-0.2, 0) is 32.3 Å². The summed E-state index contributed by atoms with van der Waals surface area (Å²) in [4.78, 5) is 86.6. The predicted molar refractivity (Wildman–Crippen MR) is 501 cm³/mol. The smallest absolute Gasteiger partial charge is 0.323 e. The van der Waals surface area contributed by atoms with E-state index in [2.05, 4.69) is 206 Å². The highest BCUT2D eigenvalue weighted by Gasteiger charge is 2.44. The number of hydrogen-bond donors (Lipinski definition) is 2. The first-order chi connectivity index (χ1) is 58.1. The number of rotatable bonds is 31. The molecular weight excluding hydrogens is 1590 g/mol. The number of ketones is 1. The summed E-state index contributed by atoms with van der Waals surface area (Å²) in [6.07, 6.45) is 32.9. The second kappa shape index (κ2) is 39.6. The Morgan fingerprint density at radius 1 is 0.445 bits per heavy atom. The molecule has 2 aliphatic carbocycles. The van der Waals surface area contributed by atoms with Gasteiger partial charge in [-0.05, 0) is 178 Å².